The number of non-ortho nitro benzene ring substituents is 1. The molecule has 6 heteroatoms. The molecule has 3 N–H and O–H groups in total. The molecule has 1 aromatic carbocycles. The number of nitro benzene ring substituents is 1. The van der Waals surface area contributed by atoms with Crippen molar-refractivity contribution in [3.63, 3.8) is 0 Å². The number of carbonyl (C=O) groups excluding carboxylic acids is 1. The normalized spacial score (nSPS) is 33.4. The fourth-order valence-corrected chi connectivity index (χ4v) is 5.65. The number of carbonyl (C=O) groups is 1. The Morgan fingerprint density at radius 3 is 2.42 bits per heavy atom. The first-order valence-corrected chi connectivity index (χ1v) is 8.90. The number of amides is 1. The topological polar surface area (TPSA) is 88.8 Å². The maximum absolute atomic E-state index is 12.3. The number of rotatable bonds is 5. The Balaban J connectivity index is 1.35. The zero-order valence-corrected chi connectivity index (χ0v) is 13.7. The van der Waals surface area contributed by atoms with Crippen molar-refractivity contribution in [3.05, 3.63) is 34.4 Å². The molecule has 4 aliphatic rings. The van der Waals surface area contributed by atoms with E-state index in [-0.39, 0.29) is 17.1 Å². The van der Waals surface area contributed by atoms with Gasteiger partial charge in [0.25, 0.3) is 11.6 Å². The monoisotopic (exact) mass is 330 g/mol. The van der Waals surface area contributed by atoms with Crippen LogP contribution in [0.15, 0.2) is 24.3 Å². The Bertz CT molecular complexity index is 638. The van der Waals surface area contributed by atoms with Gasteiger partial charge in [-0.05, 0) is 43.1 Å². The van der Waals surface area contributed by atoms with Crippen LogP contribution in [0.1, 0.15) is 38.5 Å². The highest BCUT2D eigenvalue weighted by Crippen LogP contribution is 2.54. The molecule has 6 nitrogen and oxygen atoms in total. The van der Waals surface area contributed by atoms with Gasteiger partial charge >= 0.3 is 0 Å². The van der Waals surface area contributed by atoms with Crippen LogP contribution in [0.5, 0.6) is 0 Å². The van der Waals surface area contributed by atoms with Crippen molar-refractivity contribution >= 4 is 17.3 Å². The van der Waals surface area contributed by atoms with Gasteiger partial charge in [0.15, 0.2) is 6.54 Å². The van der Waals surface area contributed by atoms with Crippen molar-refractivity contribution < 1.29 is 15.0 Å². The van der Waals surface area contributed by atoms with E-state index in [9.17, 15) is 14.9 Å². The van der Waals surface area contributed by atoms with Crippen LogP contribution in [-0.2, 0) is 4.79 Å². The molecule has 4 aliphatic carbocycles. The largest absolute Gasteiger partial charge is 0.334 e. The van der Waals surface area contributed by atoms with Crippen LogP contribution in [-0.4, -0.2) is 22.9 Å². The minimum atomic E-state index is -0.447. The number of quaternary nitrogens is 1. The summed E-state index contributed by atoms with van der Waals surface area (Å²) in [4.78, 5) is 22.6. The van der Waals surface area contributed by atoms with E-state index in [1.807, 2.05) is 0 Å². The van der Waals surface area contributed by atoms with Crippen LogP contribution >= 0.6 is 0 Å². The minimum Gasteiger partial charge on any atom is -0.334 e. The standard InChI is InChI=1S/C18H23N3O3/c22-17(20-15-2-1-3-16(7-15)21(23)24)11-19-18-8-12-4-13(9-18)6-14(5-12)10-18/h1-3,7,12-14,19H,4-6,8-11H2,(H,20,22)/p+1. The third kappa shape index (κ3) is 3.02. The SMILES string of the molecule is O=C(C[NH2+]C12CC3CC(CC(C3)C1)C2)Nc1cccc([N+](=O)[O-])c1. The van der Waals surface area contributed by atoms with Crippen LogP contribution in [0.2, 0.25) is 0 Å². The first kappa shape index (κ1) is 15.6. The highest BCUT2D eigenvalue weighted by atomic mass is 16.6. The molecule has 24 heavy (non-hydrogen) atoms. The van der Waals surface area contributed by atoms with Crippen molar-refractivity contribution in [2.24, 2.45) is 17.8 Å². The summed E-state index contributed by atoms with van der Waals surface area (Å²) in [5.74, 6) is 2.53. The molecule has 0 spiro atoms. The molecule has 0 unspecified atom stereocenters. The van der Waals surface area contributed by atoms with Crippen molar-refractivity contribution in [1.29, 1.82) is 0 Å². The third-order valence-corrected chi connectivity index (χ3v) is 6.15. The van der Waals surface area contributed by atoms with E-state index in [0.29, 0.717) is 12.2 Å². The maximum Gasteiger partial charge on any atom is 0.279 e. The van der Waals surface area contributed by atoms with Gasteiger partial charge in [-0.2, -0.15) is 0 Å². The number of hydrogen-bond acceptors (Lipinski definition) is 3. The van der Waals surface area contributed by atoms with Crippen LogP contribution < -0.4 is 10.6 Å². The Hall–Kier alpha value is -1.95. The second kappa shape index (κ2) is 5.84. The third-order valence-electron chi connectivity index (χ3n) is 6.15. The molecule has 4 saturated carbocycles. The minimum absolute atomic E-state index is 0.00198. The summed E-state index contributed by atoms with van der Waals surface area (Å²) in [6.45, 7) is 0.398. The van der Waals surface area contributed by atoms with Crippen molar-refractivity contribution in [1.82, 2.24) is 0 Å². The Labute approximate surface area is 141 Å². The molecule has 4 bridgehead atoms. The average molecular weight is 330 g/mol. The number of nitrogens with two attached hydrogens (primary N) is 1. The number of anilines is 1. The molecule has 5 rings (SSSR count). The van der Waals surface area contributed by atoms with E-state index in [2.05, 4.69) is 10.6 Å². The predicted molar refractivity (Wildman–Crippen MR) is 89.4 cm³/mol. The second-order valence-corrected chi connectivity index (χ2v) is 8.04. The molecule has 0 aromatic heterocycles. The van der Waals surface area contributed by atoms with E-state index in [4.69, 9.17) is 0 Å². The summed E-state index contributed by atoms with van der Waals surface area (Å²) in [5, 5.41) is 15.9. The van der Waals surface area contributed by atoms with E-state index in [0.717, 1.165) is 17.8 Å². The number of nitro groups is 1. The van der Waals surface area contributed by atoms with Crippen molar-refractivity contribution in [2.45, 2.75) is 44.1 Å². The summed E-state index contributed by atoms with van der Waals surface area (Å²) in [6, 6.07) is 6.12. The summed E-state index contributed by atoms with van der Waals surface area (Å²) < 4.78 is 0. The lowest BCUT2D eigenvalue weighted by atomic mass is 9.53. The van der Waals surface area contributed by atoms with E-state index < -0.39 is 4.92 Å². The molecule has 1 aromatic rings. The predicted octanol–water partition coefficient (Wildman–Crippen LogP) is 2.07. The van der Waals surface area contributed by atoms with Gasteiger partial charge in [0.2, 0.25) is 0 Å². The summed E-state index contributed by atoms with van der Waals surface area (Å²) in [5.41, 5.74) is 0.764. The van der Waals surface area contributed by atoms with Crippen LogP contribution in [0.25, 0.3) is 0 Å². The van der Waals surface area contributed by atoms with Gasteiger partial charge in [0.1, 0.15) is 0 Å². The smallest absolute Gasteiger partial charge is 0.279 e. The number of nitrogens with zero attached hydrogens (tertiary/aromatic N) is 1. The lowest BCUT2D eigenvalue weighted by Gasteiger charge is -2.54. The molecule has 0 saturated heterocycles. The summed E-state index contributed by atoms with van der Waals surface area (Å²) in [6.07, 6.45) is 7.95. The van der Waals surface area contributed by atoms with Crippen LogP contribution in [0, 0.1) is 27.9 Å². The van der Waals surface area contributed by atoms with Gasteiger partial charge in [-0.1, -0.05) is 6.07 Å². The lowest BCUT2D eigenvalue weighted by molar-refractivity contribution is -0.729. The molecule has 128 valence electrons. The molecule has 1 amide bonds. The molecule has 0 aliphatic heterocycles. The van der Waals surface area contributed by atoms with Gasteiger partial charge in [0, 0.05) is 37.1 Å². The highest BCUT2D eigenvalue weighted by molar-refractivity contribution is 5.91. The molecule has 0 heterocycles. The highest BCUT2D eigenvalue weighted by Gasteiger charge is 2.53. The summed E-state index contributed by atoms with van der Waals surface area (Å²) >= 11 is 0. The fraction of sp³-hybridized carbons (Fsp3) is 0.611. The van der Waals surface area contributed by atoms with E-state index in [1.54, 1.807) is 12.1 Å². The van der Waals surface area contributed by atoms with Gasteiger partial charge in [-0.3, -0.25) is 14.9 Å². The van der Waals surface area contributed by atoms with Gasteiger partial charge < -0.3 is 10.6 Å². The zero-order chi connectivity index (χ0) is 16.7. The Kier molecular flexibility index (Phi) is 3.79. The second-order valence-electron chi connectivity index (χ2n) is 8.04. The number of nitrogens with one attached hydrogen (secondary N) is 1. The van der Waals surface area contributed by atoms with Gasteiger partial charge in [0.05, 0.1) is 10.5 Å². The molecular weight excluding hydrogens is 306 g/mol. The van der Waals surface area contributed by atoms with Crippen LogP contribution in [0.4, 0.5) is 11.4 Å². The number of hydrogen-bond donors (Lipinski definition) is 2. The zero-order valence-electron chi connectivity index (χ0n) is 13.7. The fourth-order valence-electron chi connectivity index (χ4n) is 5.65. The van der Waals surface area contributed by atoms with Crippen molar-refractivity contribution in [3.8, 4) is 0 Å². The lowest BCUT2D eigenvalue weighted by Crippen LogP contribution is -3.00. The van der Waals surface area contributed by atoms with Crippen LogP contribution in [0.3, 0.4) is 0 Å². The molecule has 0 atom stereocenters. The Morgan fingerprint density at radius 1 is 1.21 bits per heavy atom. The maximum atomic E-state index is 12.3. The van der Waals surface area contributed by atoms with E-state index >= 15 is 0 Å². The number of benzene rings is 1. The average Bonchev–Trinajstić information content (AvgIpc) is 2.52. The quantitative estimate of drug-likeness (QED) is 0.640. The Morgan fingerprint density at radius 2 is 1.83 bits per heavy atom. The summed E-state index contributed by atoms with van der Waals surface area (Å²) in [7, 11) is 0. The molecule has 0 radical (unpaired) electrons. The first-order chi connectivity index (χ1) is 11.5. The molecular formula is C18H24N3O3+. The van der Waals surface area contributed by atoms with Crippen molar-refractivity contribution in [2.75, 3.05) is 11.9 Å². The van der Waals surface area contributed by atoms with Gasteiger partial charge in [-0.15, -0.1) is 0 Å². The first-order valence-electron chi connectivity index (χ1n) is 8.90. The van der Waals surface area contributed by atoms with Gasteiger partial charge in [-0.25, -0.2) is 0 Å². The molecule has 4 fully saturated rings. The van der Waals surface area contributed by atoms with E-state index in [1.165, 1.54) is 50.7 Å².